The average molecular weight is 533 g/mol. The molecule has 3 rings (SSSR count). The molecule has 0 aliphatic heterocycles. The lowest BCUT2D eigenvalue weighted by Gasteiger charge is -2.19. The van der Waals surface area contributed by atoms with Crippen LogP contribution in [0.15, 0.2) is 79.0 Å². The molecule has 2 atom stereocenters. The van der Waals surface area contributed by atoms with E-state index in [1.54, 1.807) is 6.20 Å². The molecular formula is C30H36N4O5. The number of pyridine rings is 1. The van der Waals surface area contributed by atoms with Gasteiger partial charge in [0, 0.05) is 24.8 Å². The van der Waals surface area contributed by atoms with Crippen molar-refractivity contribution in [1.82, 2.24) is 20.9 Å². The molecule has 39 heavy (non-hydrogen) atoms. The first-order valence-electron chi connectivity index (χ1n) is 13.1. The third-order valence-electron chi connectivity index (χ3n) is 5.97. The Kier molecular flexibility index (Phi) is 11.9. The number of hydrogen-bond donors (Lipinski definition) is 4. The fraction of sp³-hybridized carbons (Fsp3) is 0.333. The molecule has 9 nitrogen and oxygen atoms in total. The second kappa shape index (κ2) is 15.9. The molecule has 1 heterocycles. The highest BCUT2D eigenvalue weighted by Crippen LogP contribution is 2.18. The number of nitrogens with one attached hydrogen (secondary N) is 3. The van der Waals surface area contributed by atoms with Gasteiger partial charge in [-0.3, -0.25) is 14.6 Å². The lowest BCUT2D eigenvalue weighted by atomic mass is 10.1. The van der Waals surface area contributed by atoms with Crippen molar-refractivity contribution in [2.75, 3.05) is 13.1 Å². The van der Waals surface area contributed by atoms with Crippen LogP contribution in [0.3, 0.4) is 0 Å². The van der Waals surface area contributed by atoms with Crippen LogP contribution >= 0.6 is 0 Å². The summed E-state index contributed by atoms with van der Waals surface area (Å²) in [6, 6.07) is 21.7. The van der Waals surface area contributed by atoms with Gasteiger partial charge in [-0.15, -0.1) is 0 Å². The normalized spacial score (nSPS) is 12.2. The Balaban J connectivity index is 1.41. The SMILES string of the molecule is CCCC[C@H](NC(=O)OCc1ccccc1)C(=O)NCC(O)CNC(=O)Cc1cccc(-c2ccccn2)c1. The summed E-state index contributed by atoms with van der Waals surface area (Å²) in [6.45, 7) is 1.99. The topological polar surface area (TPSA) is 130 Å². The zero-order chi connectivity index (χ0) is 27.9. The summed E-state index contributed by atoms with van der Waals surface area (Å²) in [5, 5.41) is 18.3. The number of ether oxygens (including phenoxy) is 1. The zero-order valence-electron chi connectivity index (χ0n) is 22.1. The molecule has 1 aromatic heterocycles. The molecule has 0 saturated carbocycles. The number of nitrogens with zero attached hydrogens (tertiary/aromatic N) is 1. The number of aliphatic hydroxyl groups is 1. The van der Waals surface area contributed by atoms with E-state index in [0.29, 0.717) is 6.42 Å². The quantitative estimate of drug-likeness (QED) is 0.252. The molecule has 0 bridgehead atoms. The van der Waals surface area contributed by atoms with Gasteiger partial charge in [0.15, 0.2) is 0 Å². The monoisotopic (exact) mass is 532 g/mol. The van der Waals surface area contributed by atoms with Gasteiger partial charge in [-0.2, -0.15) is 0 Å². The maximum atomic E-state index is 12.7. The smallest absolute Gasteiger partial charge is 0.408 e. The highest BCUT2D eigenvalue weighted by atomic mass is 16.5. The number of hydrogen-bond acceptors (Lipinski definition) is 6. The van der Waals surface area contributed by atoms with Gasteiger partial charge < -0.3 is 25.8 Å². The number of aromatic nitrogens is 1. The fourth-order valence-corrected chi connectivity index (χ4v) is 3.85. The molecule has 1 unspecified atom stereocenters. The fourth-order valence-electron chi connectivity index (χ4n) is 3.85. The number of unbranched alkanes of at least 4 members (excludes halogenated alkanes) is 1. The van der Waals surface area contributed by atoms with Crippen LogP contribution in [0.2, 0.25) is 0 Å². The lowest BCUT2D eigenvalue weighted by molar-refractivity contribution is -0.123. The van der Waals surface area contributed by atoms with Crippen LogP contribution in [-0.4, -0.2) is 53.2 Å². The van der Waals surface area contributed by atoms with Crippen LogP contribution in [0, 0.1) is 0 Å². The van der Waals surface area contributed by atoms with E-state index in [0.717, 1.165) is 35.2 Å². The molecule has 0 aliphatic carbocycles. The summed E-state index contributed by atoms with van der Waals surface area (Å²) in [7, 11) is 0. The Morgan fingerprint density at radius 3 is 2.41 bits per heavy atom. The van der Waals surface area contributed by atoms with E-state index in [1.165, 1.54) is 0 Å². The first-order valence-corrected chi connectivity index (χ1v) is 13.1. The molecule has 0 fully saturated rings. The van der Waals surface area contributed by atoms with Crippen LogP contribution in [-0.2, 0) is 27.4 Å². The van der Waals surface area contributed by atoms with E-state index < -0.39 is 24.1 Å². The molecule has 3 amide bonds. The van der Waals surface area contributed by atoms with Crippen molar-refractivity contribution in [3.05, 3.63) is 90.1 Å². The summed E-state index contributed by atoms with van der Waals surface area (Å²) in [6.07, 6.45) is 2.21. The molecule has 206 valence electrons. The zero-order valence-corrected chi connectivity index (χ0v) is 22.1. The van der Waals surface area contributed by atoms with Gasteiger partial charge in [0.05, 0.1) is 18.2 Å². The molecule has 0 radical (unpaired) electrons. The van der Waals surface area contributed by atoms with E-state index in [1.807, 2.05) is 79.7 Å². The van der Waals surface area contributed by atoms with Gasteiger partial charge in [-0.25, -0.2) is 4.79 Å². The molecule has 0 spiro atoms. The predicted molar refractivity (Wildman–Crippen MR) is 148 cm³/mol. The Bertz CT molecular complexity index is 1190. The van der Waals surface area contributed by atoms with E-state index in [-0.39, 0.29) is 32.0 Å². The van der Waals surface area contributed by atoms with Crippen molar-refractivity contribution < 1.29 is 24.2 Å². The minimum Gasteiger partial charge on any atom is -0.445 e. The van der Waals surface area contributed by atoms with Crippen molar-refractivity contribution in [1.29, 1.82) is 0 Å². The molecule has 4 N–H and O–H groups in total. The average Bonchev–Trinajstić information content (AvgIpc) is 2.97. The Morgan fingerprint density at radius 1 is 0.923 bits per heavy atom. The van der Waals surface area contributed by atoms with E-state index in [9.17, 15) is 19.5 Å². The maximum absolute atomic E-state index is 12.7. The summed E-state index contributed by atoms with van der Waals surface area (Å²) in [5.74, 6) is -0.668. The van der Waals surface area contributed by atoms with Crippen molar-refractivity contribution in [2.24, 2.45) is 0 Å². The third kappa shape index (κ3) is 10.6. The lowest BCUT2D eigenvalue weighted by Crippen LogP contribution is -2.49. The number of aliphatic hydroxyl groups excluding tert-OH is 1. The number of benzene rings is 2. The number of rotatable bonds is 14. The van der Waals surface area contributed by atoms with Crippen molar-refractivity contribution in [3.63, 3.8) is 0 Å². The second-order valence-electron chi connectivity index (χ2n) is 9.20. The molecule has 0 saturated heterocycles. The summed E-state index contributed by atoms with van der Waals surface area (Å²) in [5.41, 5.74) is 3.40. The number of carbonyl (C=O) groups excluding carboxylic acids is 3. The standard InChI is InChI=1S/C30H36N4O5/c1-2-3-14-27(34-30(38)39-21-22-10-5-4-6-11-22)29(37)33-20-25(35)19-32-28(36)18-23-12-9-13-24(17-23)26-15-7-8-16-31-26/h4-13,15-17,25,27,35H,2-3,14,18-21H2,1H3,(H,32,36)(H,33,37)(H,34,38)/t25?,27-/m0/s1. The molecule has 9 heteroatoms. The minimum atomic E-state index is -0.991. The van der Waals surface area contributed by atoms with Crippen LogP contribution in [0.25, 0.3) is 11.3 Å². The summed E-state index contributed by atoms with van der Waals surface area (Å²) >= 11 is 0. The van der Waals surface area contributed by atoms with Gasteiger partial charge in [0.25, 0.3) is 0 Å². The van der Waals surface area contributed by atoms with Crippen molar-refractivity contribution in [2.45, 2.75) is 51.4 Å². The van der Waals surface area contributed by atoms with Gasteiger partial charge in [0.1, 0.15) is 12.6 Å². The number of carbonyl (C=O) groups is 3. The number of alkyl carbamates (subject to hydrolysis) is 1. The van der Waals surface area contributed by atoms with Gasteiger partial charge in [-0.05, 0) is 35.7 Å². The highest BCUT2D eigenvalue weighted by Gasteiger charge is 2.22. The predicted octanol–water partition coefficient (Wildman–Crippen LogP) is 3.37. The number of amides is 3. The first kappa shape index (κ1) is 29.3. The Hall–Kier alpha value is -4.24. The molecule has 0 aliphatic rings. The van der Waals surface area contributed by atoms with Crippen LogP contribution in [0.5, 0.6) is 0 Å². The molecule has 2 aromatic carbocycles. The summed E-state index contributed by atoms with van der Waals surface area (Å²) in [4.78, 5) is 41.7. The second-order valence-corrected chi connectivity index (χ2v) is 9.20. The van der Waals surface area contributed by atoms with Crippen molar-refractivity contribution >= 4 is 17.9 Å². The van der Waals surface area contributed by atoms with Crippen LogP contribution in [0.1, 0.15) is 37.3 Å². The first-order chi connectivity index (χ1) is 18.9. The molecular weight excluding hydrogens is 496 g/mol. The van der Waals surface area contributed by atoms with Gasteiger partial charge in [0.2, 0.25) is 11.8 Å². The highest BCUT2D eigenvalue weighted by molar-refractivity contribution is 5.85. The van der Waals surface area contributed by atoms with E-state index >= 15 is 0 Å². The Morgan fingerprint density at radius 2 is 1.67 bits per heavy atom. The van der Waals surface area contributed by atoms with Gasteiger partial charge >= 0.3 is 6.09 Å². The summed E-state index contributed by atoms with van der Waals surface area (Å²) < 4.78 is 5.23. The largest absolute Gasteiger partial charge is 0.445 e. The van der Waals surface area contributed by atoms with Gasteiger partial charge in [-0.1, -0.05) is 74.4 Å². The van der Waals surface area contributed by atoms with E-state index in [2.05, 4.69) is 20.9 Å². The van der Waals surface area contributed by atoms with Crippen molar-refractivity contribution in [3.8, 4) is 11.3 Å². The molecule has 3 aromatic rings. The van der Waals surface area contributed by atoms with Crippen LogP contribution in [0.4, 0.5) is 4.79 Å². The Labute approximate surface area is 229 Å². The van der Waals surface area contributed by atoms with Crippen LogP contribution < -0.4 is 16.0 Å². The minimum absolute atomic E-state index is 0.0226. The van der Waals surface area contributed by atoms with E-state index in [4.69, 9.17) is 4.74 Å². The third-order valence-corrected chi connectivity index (χ3v) is 5.97. The maximum Gasteiger partial charge on any atom is 0.408 e.